The number of carbonyl (C=O) groups excluding carboxylic acids is 1. The van der Waals surface area contributed by atoms with E-state index in [2.05, 4.69) is 0 Å². The van der Waals surface area contributed by atoms with E-state index in [4.69, 9.17) is 14.2 Å². The van der Waals surface area contributed by atoms with Crippen molar-refractivity contribution in [1.29, 1.82) is 0 Å². The topological polar surface area (TPSA) is 44.8 Å². The molecule has 126 valence electrons. The molecule has 0 heterocycles. The smallest absolute Gasteiger partial charge is 0.337 e. The molecule has 0 atom stereocenters. The largest absolute Gasteiger partial charge is 0.488 e. The highest BCUT2D eigenvalue weighted by Crippen LogP contribution is 2.23. The van der Waals surface area contributed by atoms with Gasteiger partial charge in [0.25, 0.3) is 0 Å². The molecule has 0 aliphatic heterocycles. The number of hydrogen-bond acceptors (Lipinski definition) is 4. The van der Waals surface area contributed by atoms with Gasteiger partial charge in [-0.25, -0.2) is 4.79 Å². The fraction of sp³-hybridized carbons (Fsp3) is 0.250. The molecule has 2 aromatic carbocycles. The Hall–Kier alpha value is -2.59. The van der Waals surface area contributed by atoms with E-state index in [0.29, 0.717) is 18.8 Å². The van der Waals surface area contributed by atoms with Crippen LogP contribution in [0.25, 0.3) is 6.08 Å². The molecular formula is C20H22O4. The summed E-state index contributed by atoms with van der Waals surface area (Å²) in [5.74, 6) is 0.358. The first-order valence-electron chi connectivity index (χ1n) is 7.79. The lowest BCUT2D eigenvalue weighted by Crippen LogP contribution is -2.03. The van der Waals surface area contributed by atoms with Crippen molar-refractivity contribution in [3.05, 3.63) is 71.3 Å². The van der Waals surface area contributed by atoms with Crippen LogP contribution in [0, 0.1) is 0 Å². The number of methoxy groups -OCH3 is 2. The Labute approximate surface area is 142 Å². The zero-order chi connectivity index (χ0) is 17.2. The number of carbonyl (C=O) groups is 1. The molecule has 0 saturated heterocycles. The standard InChI is InChI=1S/C20H22O4/c1-22-13-7-6-10-17-14-18(20(21)23-2)11-12-19(17)24-15-16-8-4-3-5-9-16/h3-6,8-12,14H,7,13,15H2,1-2H3/b10-6+. The van der Waals surface area contributed by atoms with Crippen molar-refractivity contribution in [1.82, 2.24) is 0 Å². The fourth-order valence-electron chi connectivity index (χ4n) is 2.19. The van der Waals surface area contributed by atoms with Crippen LogP contribution in [0.1, 0.15) is 27.9 Å². The van der Waals surface area contributed by atoms with Crippen LogP contribution in [-0.4, -0.2) is 26.8 Å². The molecule has 0 aliphatic rings. The number of ether oxygens (including phenoxy) is 3. The zero-order valence-corrected chi connectivity index (χ0v) is 14.0. The monoisotopic (exact) mass is 326 g/mol. The van der Waals surface area contributed by atoms with Crippen LogP contribution in [0.5, 0.6) is 5.75 Å². The van der Waals surface area contributed by atoms with Crippen LogP contribution in [0.15, 0.2) is 54.6 Å². The van der Waals surface area contributed by atoms with Gasteiger partial charge in [-0.05, 0) is 30.2 Å². The molecular weight excluding hydrogens is 304 g/mol. The molecule has 0 aliphatic carbocycles. The normalized spacial score (nSPS) is 10.8. The lowest BCUT2D eigenvalue weighted by molar-refractivity contribution is 0.0600. The maximum atomic E-state index is 11.7. The van der Waals surface area contributed by atoms with Crippen molar-refractivity contribution in [2.24, 2.45) is 0 Å². The molecule has 0 radical (unpaired) electrons. The maximum absolute atomic E-state index is 11.7. The van der Waals surface area contributed by atoms with Gasteiger partial charge in [-0.15, -0.1) is 0 Å². The number of benzene rings is 2. The summed E-state index contributed by atoms with van der Waals surface area (Å²) < 4.78 is 15.7. The summed E-state index contributed by atoms with van der Waals surface area (Å²) in [6.07, 6.45) is 4.72. The van der Waals surface area contributed by atoms with Gasteiger partial charge in [-0.3, -0.25) is 0 Å². The Morgan fingerprint density at radius 3 is 2.58 bits per heavy atom. The van der Waals surface area contributed by atoms with Gasteiger partial charge in [0.2, 0.25) is 0 Å². The van der Waals surface area contributed by atoms with Gasteiger partial charge < -0.3 is 14.2 Å². The van der Waals surface area contributed by atoms with E-state index in [-0.39, 0.29) is 5.97 Å². The summed E-state index contributed by atoms with van der Waals surface area (Å²) in [7, 11) is 3.04. The number of hydrogen-bond donors (Lipinski definition) is 0. The first-order valence-corrected chi connectivity index (χ1v) is 7.79. The molecule has 0 spiro atoms. The Balaban J connectivity index is 2.17. The van der Waals surface area contributed by atoms with E-state index in [9.17, 15) is 4.79 Å². The van der Waals surface area contributed by atoms with Crippen molar-refractivity contribution < 1.29 is 19.0 Å². The van der Waals surface area contributed by atoms with E-state index in [1.807, 2.05) is 42.5 Å². The van der Waals surface area contributed by atoms with E-state index in [1.54, 1.807) is 25.3 Å². The molecule has 0 aromatic heterocycles. The van der Waals surface area contributed by atoms with E-state index < -0.39 is 0 Å². The molecule has 0 bridgehead atoms. The third-order valence-electron chi connectivity index (χ3n) is 3.45. The molecule has 4 nitrogen and oxygen atoms in total. The average Bonchev–Trinajstić information content (AvgIpc) is 2.64. The first kappa shape index (κ1) is 17.8. The van der Waals surface area contributed by atoms with Crippen molar-refractivity contribution in [3.63, 3.8) is 0 Å². The molecule has 0 N–H and O–H groups in total. The zero-order valence-electron chi connectivity index (χ0n) is 14.0. The fourth-order valence-corrected chi connectivity index (χ4v) is 2.19. The minimum atomic E-state index is -0.365. The molecule has 2 aromatic rings. The van der Waals surface area contributed by atoms with Gasteiger partial charge in [0.1, 0.15) is 12.4 Å². The average molecular weight is 326 g/mol. The van der Waals surface area contributed by atoms with Gasteiger partial charge in [0.05, 0.1) is 12.7 Å². The molecule has 0 fully saturated rings. The van der Waals surface area contributed by atoms with Gasteiger partial charge in [-0.2, -0.15) is 0 Å². The lowest BCUT2D eigenvalue weighted by Gasteiger charge is -2.11. The molecule has 0 saturated carbocycles. The van der Waals surface area contributed by atoms with E-state index in [0.717, 1.165) is 23.3 Å². The number of esters is 1. The Morgan fingerprint density at radius 1 is 1.08 bits per heavy atom. The molecule has 0 unspecified atom stereocenters. The van der Waals surface area contributed by atoms with Crippen molar-refractivity contribution in [2.75, 3.05) is 20.8 Å². The SMILES string of the molecule is COCC/C=C/c1cc(C(=O)OC)ccc1OCc1ccccc1. The minimum absolute atomic E-state index is 0.365. The van der Waals surface area contributed by atoms with E-state index >= 15 is 0 Å². The predicted molar refractivity (Wildman–Crippen MR) is 94.1 cm³/mol. The Kier molecular flexibility index (Phi) is 7.05. The van der Waals surface area contributed by atoms with Crippen LogP contribution in [0.3, 0.4) is 0 Å². The first-order chi connectivity index (χ1) is 11.7. The second kappa shape index (κ2) is 9.53. The highest BCUT2D eigenvalue weighted by atomic mass is 16.5. The van der Waals surface area contributed by atoms with Crippen LogP contribution in [0.4, 0.5) is 0 Å². The predicted octanol–water partition coefficient (Wildman–Crippen LogP) is 4.10. The summed E-state index contributed by atoms with van der Waals surface area (Å²) in [6, 6.07) is 15.2. The molecule has 4 heteroatoms. The minimum Gasteiger partial charge on any atom is -0.488 e. The van der Waals surface area contributed by atoms with Crippen molar-refractivity contribution in [3.8, 4) is 5.75 Å². The molecule has 0 amide bonds. The third kappa shape index (κ3) is 5.25. The van der Waals surface area contributed by atoms with Crippen molar-refractivity contribution >= 4 is 12.0 Å². The highest BCUT2D eigenvalue weighted by molar-refractivity contribution is 5.90. The molecule has 24 heavy (non-hydrogen) atoms. The third-order valence-corrected chi connectivity index (χ3v) is 3.45. The van der Waals surface area contributed by atoms with Crippen LogP contribution in [-0.2, 0) is 16.1 Å². The summed E-state index contributed by atoms with van der Waals surface area (Å²) in [5, 5.41) is 0. The second-order valence-electron chi connectivity index (χ2n) is 5.20. The van der Waals surface area contributed by atoms with Gasteiger partial charge in [-0.1, -0.05) is 42.5 Å². The Morgan fingerprint density at radius 2 is 1.88 bits per heavy atom. The van der Waals surface area contributed by atoms with Crippen LogP contribution < -0.4 is 4.74 Å². The van der Waals surface area contributed by atoms with Gasteiger partial charge in [0, 0.05) is 19.3 Å². The van der Waals surface area contributed by atoms with Crippen LogP contribution >= 0.6 is 0 Å². The summed E-state index contributed by atoms with van der Waals surface area (Å²) >= 11 is 0. The second-order valence-corrected chi connectivity index (χ2v) is 5.20. The molecule has 2 rings (SSSR count). The van der Waals surface area contributed by atoms with Gasteiger partial charge in [0.15, 0.2) is 0 Å². The highest BCUT2D eigenvalue weighted by Gasteiger charge is 2.09. The van der Waals surface area contributed by atoms with E-state index in [1.165, 1.54) is 7.11 Å². The quantitative estimate of drug-likeness (QED) is 0.541. The maximum Gasteiger partial charge on any atom is 0.337 e. The van der Waals surface area contributed by atoms with Crippen molar-refractivity contribution in [2.45, 2.75) is 13.0 Å². The van der Waals surface area contributed by atoms with Gasteiger partial charge >= 0.3 is 5.97 Å². The summed E-state index contributed by atoms with van der Waals surface area (Å²) in [4.78, 5) is 11.7. The number of rotatable bonds is 8. The van der Waals surface area contributed by atoms with Crippen LogP contribution in [0.2, 0.25) is 0 Å². The lowest BCUT2D eigenvalue weighted by atomic mass is 10.1. The Bertz CT molecular complexity index is 677. The summed E-state index contributed by atoms with van der Waals surface area (Å²) in [5.41, 5.74) is 2.42. The summed E-state index contributed by atoms with van der Waals surface area (Å²) in [6.45, 7) is 1.12.